The van der Waals surface area contributed by atoms with Crippen LogP contribution >= 0.6 is 0 Å². The van der Waals surface area contributed by atoms with Crippen LogP contribution in [0.25, 0.3) is 11.1 Å². The van der Waals surface area contributed by atoms with Gasteiger partial charge in [-0.3, -0.25) is 34.6 Å². The molecule has 0 fully saturated rings. The molecule has 4 aromatic carbocycles. The Morgan fingerprint density at radius 1 is 0.839 bits per heavy atom. The number of sulfonamides is 1. The number of alkyl carbamates (subject to hydrolysis) is 1. The van der Waals surface area contributed by atoms with Gasteiger partial charge in [0, 0.05) is 35.2 Å². The van der Waals surface area contributed by atoms with E-state index >= 15 is 0 Å². The lowest BCUT2D eigenvalue weighted by molar-refractivity contribution is -0.392. The third kappa shape index (κ3) is 10.9. The van der Waals surface area contributed by atoms with Gasteiger partial charge in [-0.15, -0.1) is 0 Å². The minimum atomic E-state index is -4.80. The number of rotatable bonds is 17. The number of carbonyl (C=O) groups excluding carboxylic acids is 2. The first-order chi connectivity index (χ1) is 29.3. The lowest BCUT2D eigenvalue weighted by Crippen LogP contribution is -2.42. The summed E-state index contributed by atoms with van der Waals surface area (Å²) in [6.07, 6.45) is -2.51. The van der Waals surface area contributed by atoms with Crippen LogP contribution < -0.4 is 24.4 Å². The molecule has 0 spiro atoms. The Labute approximate surface area is 354 Å². The number of nitrogens with zero attached hydrogens (tertiary/aromatic N) is 4. The van der Waals surface area contributed by atoms with Crippen molar-refractivity contribution < 1.29 is 50.8 Å². The topological polar surface area (TPSA) is 222 Å². The van der Waals surface area contributed by atoms with Gasteiger partial charge in [0.2, 0.25) is 21.8 Å². The van der Waals surface area contributed by atoms with E-state index in [1.165, 1.54) is 29.2 Å². The molecule has 0 aliphatic carbocycles. The molecule has 1 aromatic heterocycles. The monoisotopic (exact) mass is 874 g/mol. The summed E-state index contributed by atoms with van der Waals surface area (Å²) in [4.78, 5) is 55.1. The Bertz CT molecular complexity index is 2610. The van der Waals surface area contributed by atoms with Crippen LogP contribution in [0.4, 0.5) is 36.3 Å². The van der Waals surface area contributed by atoms with Crippen molar-refractivity contribution in [1.29, 1.82) is 0 Å². The Morgan fingerprint density at radius 2 is 1.47 bits per heavy atom. The maximum atomic E-state index is 14.7. The van der Waals surface area contributed by atoms with Crippen LogP contribution in [-0.4, -0.2) is 59.1 Å². The summed E-state index contributed by atoms with van der Waals surface area (Å²) < 4.78 is 74.2. The highest BCUT2D eigenvalue weighted by molar-refractivity contribution is 7.92. The second kappa shape index (κ2) is 18.2. The molecule has 0 saturated heterocycles. The number of halogens is 2. The number of benzene rings is 4. The molecule has 0 saturated carbocycles. The van der Waals surface area contributed by atoms with Gasteiger partial charge in [-0.1, -0.05) is 72.8 Å². The Kier molecular flexibility index (Phi) is 13.0. The summed E-state index contributed by atoms with van der Waals surface area (Å²) in [6.45, 7) is 3.25. The molecule has 0 atom stereocenters. The van der Waals surface area contributed by atoms with Crippen molar-refractivity contribution in [1.82, 2.24) is 10.3 Å². The van der Waals surface area contributed by atoms with Crippen LogP contribution in [0.2, 0.25) is 0 Å². The normalized spacial score (nSPS) is 12.7. The van der Waals surface area contributed by atoms with Gasteiger partial charge < -0.3 is 19.5 Å². The van der Waals surface area contributed by atoms with Crippen LogP contribution in [0.3, 0.4) is 0 Å². The van der Waals surface area contributed by atoms with E-state index in [0.717, 1.165) is 23.3 Å². The van der Waals surface area contributed by atoms with Gasteiger partial charge in [0.15, 0.2) is 6.61 Å². The minimum absolute atomic E-state index is 0.000740. The van der Waals surface area contributed by atoms with E-state index in [9.17, 15) is 47.0 Å². The molecule has 1 aliphatic heterocycles. The zero-order chi connectivity index (χ0) is 44.8. The first-order valence-electron chi connectivity index (χ1n) is 18.9. The van der Waals surface area contributed by atoms with Gasteiger partial charge in [0.1, 0.15) is 30.2 Å². The average molecular weight is 875 g/mol. The summed E-state index contributed by atoms with van der Waals surface area (Å²) in [6, 6.07) is 27.2. The van der Waals surface area contributed by atoms with Gasteiger partial charge in [-0.05, 0) is 55.7 Å². The van der Waals surface area contributed by atoms with Gasteiger partial charge in [-0.2, -0.15) is 4.98 Å². The van der Waals surface area contributed by atoms with Gasteiger partial charge in [-0.25, -0.2) is 22.0 Å². The fourth-order valence-electron chi connectivity index (χ4n) is 6.39. The van der Waals surface area contributed by atoms with Crippen LogP contribution in [0, 0.1) is 20.2 Å². The van der Waals surface area contributed by atoms with E-state index in [1.54, 1.807) is 26.8 Å². The van der Waals surface area contributed by atoms with Crippen molar-refractivity contribution >= 4 is 44.8 Å². The number of nitro groups is 2. The highest BCUT2D eigenvalue weighted by Gasteiger charge is 2.39. The van der Waals surface area contributed by atoms with Crippen molar-refractivity contribution in [3.63, 3.8) is 0 Å². The molecule has 2 heterocycles. The second-order valence-electron chi connectivity index (χ2n) is 15.1. The SMILES string of the molecule is CC(C)(C)NC(=O)OCC(F)(F)CCS(=O)(=O)Nc1ccc([N+](=O)[O-])c(-c2cccc3c2CN(c2ccc(OCc4ccccc4)nc2OCc2ccccc2)C3=O)c1[N+](=O)[O-]. The predicted octanol–water partition coefficient (Wildman–Crippen LogP) is 8.18. The van der Waals surface area contributed by atoms with Crippen LogP contribution in [-0.2, 0) is 34.5 Å². The molecular weight excluding hydrogens is 835 g/mol. The molecule has 2 N–H and O–H groups in total. The molecule has 62 heavy (non-hydrogen) atoms. The molecule has 6 rings (SSSR count). The number of amides is 2. The lowest BCUT2D eigenvalue weighted by atomic mass is 9.94. The number of hydrogen-bond acceptors (Lipinski definition) is 12. The molecular formula is C42H40F2N6O11S. The summed E-state index contributed by atoms with van der Waals surface area (Å²) in [5.41, 5.74) is -2.22. The number of aromatic nitrogens is 1. The van der Waals surface area contributed by atoms with E-state index in [-0.39, 0.29) is 53.9 Å². The third-order valence-electron chi connectivity index (χ3n) is 9.22. The highest BCUT2D eigenvalue weighted by atomic mass is 32.2. The number of nitro benzene ring substituents is 2. The van der Waals surface area contributed by atoms with Crippen LogP contribution in [0.15, 0.2) is 103 Å². The summed E-state index contributed by atoms with van der Waals surface area (Å²) in [5, 5.41) is 27.5. The van der Waals surface area contributed by atoms with Crippen molar-refractivity contribution in [2.45, 2.75) is 58.4 Å². The Balaban J connectivity index is 1.31. The van der Waals surface area contributed by atoms with E-state index in [4.69, 9.17) is 9.47 Å². The number of anilines is 2. The van der Waals surface area contributed by atoms with E-state index < -0.39 is 84.7 Å². The number of hydrogen-bond donors (Lipinski definition) is 2. The van der Waals surface area contributed by atoms with E-state index in [2.05, 4.69) is 15.0 Å². The molecule has 5 aromatic rings. The third-order valence-corrected chi connectivity index (χ3v) is 10.5. The number of carbonyl (C=O) groups is 2. The van der Waals surface area contributed by atoms with Crippen LogP contribution in [0.5, 0.6) is 11.8 Å². The molecule has 0 radical (unpaired) electrons. The quantitative estimate of drug-likeness (QED) is 0.0667. The molecule has 0 unspecified atom stereocenters. The molecule has 20 heteroatoms. The zero-order valence-electron chi connectivity index (χ0n) is 33.5. The first kappa shape index (κ1) is 44.3. The number of ether oxygens (including phenoxy) is 3. The van der Waals surface area contributed by atoms with Crippen molar-refractivity contribution in [3.05, 3.63) is 146 Å². The predicted molar refractivity (Wildman–Crippen MR) is 223 cm³/mol. The Morgan fingerprint density at radius 3 is 2.08 bits per heavy atom. The molecule has 17 nitrogen and oxygen atoms in total. The second-order valence-corrected chi connectivity index (χ2v) is 16.9. The maximum Gasteiger partial charge on any atom is 0.407 e. The smallest absolute Gasteiger partial charge is 0.407 e. The van der Waals surface area contributed by atoms with Crippen LogP contribution in [0.1, 0.15) is 54.2 Å². The van der Waals surface area contributed by atoms with Gasteiger partial charge >= 0.3 is 11.8 Å². The number of fused-ring (bicyclic) bond motifs is 1. The minimum Gasteiger partial charge on any atom is -0.473 e. The van der Waals surface area contributed by atoms with Crippen molar-refractivity contribution in [2.24, 2.45) is 0 Å². The zero-order valence-corrected chi connectivity index (χ0v) is 34.3. The standard InChI is InChI=1S/C42H40F2N6O11S/c1-41(2,3)46-40(52)61-26-42(43,44)21-22-62(57,58)47-32-17-18-33(49(53)54)36(37(32)50(55)56)29-15-10-16-30-31(29)23-48(39(30)51)34-19-20-35(59-24-27-11-6-4-7-12-27)45-38(34)60-25-28-13-8-5-9-14-28/h4-20,47H,21-26H2,1-3H3,(H,46,52). The fourth-order valence-corrected chi connectivity index (χ4v) is 7.55. The summed E-state index contributed by atoms with van der Waals surface area (Å²) >= 11 is 0. The van der Waals surface area contributed by atoms with E-state index in [0.29, 0.717) is 0 Å². The summed E-state index contributed by atoms with van der Waals surface area (Å²) in [5.74, 6) is -5.53. The van der Waals surface area contributed by atoms with Crippen molar-refractivity contribution in [2.75, 3.05) is 22.0 Å². The largest absolute Gasteiger partial charge is 0.473 e. The lowest BCUT2D eigenvalue weighted by Gasteiger charge is -2.22. The fraction of sp³-hybridized carbons (Fsp3) is 0.262. The Hall–Kier alpha value is -7.22. The average Bonchev–Trinajstić information content (AvgIpc) is 3.56. The van der Waals surface area contributed by atoms with Gasteiger partial charge in [0.25, 0.3) is 17.5 Å². The summed E-state index contributed by atoms with van der Waals surface area (Å²) in [7, 11) is -4.80. The van der Waals surface area contributed by atoms with Crippen molar-refractivity contribution in [3.8, 4) is 22.9 Å². The first-order valence-corrected chi connectivity index (χ1v) is 20.5. The molecule has 0 bridgehead atoms. The number of pyridine rings is 1. The van der Waals surface area contributed by atoms with Gasteiger partial charge in [0.05, 0.1) is 22.1 Å². The molecule has 1 aliphatic rings. The maximum absolute atomic E-state index is 14.7. The highest BCUT2D eigenvalue weighted by Crippen LogP contribution is 2.47. The molecule has 324 valence electrons. The number of nitrogens with one attached hydrogen (secondary N) is 2. The van der Waals surface area contributed by atoms with E-state index in [1.807, 2.05) is 65.4 Å². The molecule has 2 amide bonds. The number of alkyl halides is 2.